The smallest absolute Gasteiger partial charge is 0.313 e. The summed E-state index contributed by atoms with van der Waals surface area (Å²) in [6.45, 7) is 2.64. The van der Waals surface area contributed by atoms with Crippen LogP contribution in [0.15, 0.2) is 12.3 Å². The van der Waals surface area contributed by atoms with Crippen LogP contribution in [0, 0.1) is 16.0 Å². The molecule has 0 aromatic carbocycles. The number of rotatable bonds is 6. The van der Waals surface area contributed by atoms with E-state index < -0.39 is 4.92 Å². The van der Waals surface area contributed by atoms with Gasteiger partial charge in [-0.1, -0.05) is 11.6 Å². The number of nitro groups is 1. The lowest BCUT2D eigenvalue weighted by Gasteiger charge is -2.26. The molecule has 114 valence electrons. The van der Waals surface area contributed by atoms with Gasteiger partial charge in [0.2, 0.25) is 5.82 Å². The van der Waals surface area contributed by atoms with E-state index in [4.69, 9.17) is 11.6 Å². The highest BCUT2D eigenvalue weighted by molar-refractivity contribution is 6.30. The summed E-state index contributed by atoms with van der Waals surface area (Å²) in [7, 11) is 0. The fourth-order valence-corrected chi connectivity index (χ4v) is 2.99. The Morgan fingerprint density at radius 1 is 1.43 bits per heavy atom. The van der Waals surface area contributed by atoms with Gasteiger partial charge in [-0.3, -0.25) is 10.1 Å². The maximum Gasteiger partial charge on any atom is 0.313 e. The maximum atomic E-state index is 11.3. The summed E-state index contributed by atoms with van der Waals surface area (Å²) in [4.78, 5) is 17.2. The SMILES string of the molecule is O=[N+]([O-])c1cc(Cl)cnc1N(CC1CC1)CC1CCCN1. The van der Waals surface area contributed by atoms with Gasteiger partial charge in [-0.15, -0.1) is 0 Å². The van der Waals surface area contributed by atoms with E-state index in [2.05, 4.69) is 15.2 Å². The van der Waals surface area contributed by atoms with Crippen LogP contribution in [0.1, 0.15) is 25.7 Å². The molecule has 1 N–H and O–H groups in total. The molecule has 1 aliphatic heterocycles. The predicted octanol–water partition coefficient (Wildman–Crippen LogP) is 2.61. The number of aromatic nitrogens is 1. The number of hydrogen-bond donors (Lipinski definition) is 1. The van der Waals surface area contributed by atoms with Crippen LogP contribution in [0.2, 0.25) is 5.02 Å². The van der Waals surface area contributed by atoms with E-state index in [-0.39, 0.29) is 5.69 Å². The van der Waals surface area contributed by atoms with Crippen LogP contribution in [-0.4, -0.2) is 35.6 Å². The number of pyridine rings is 1. The van der Waals surface area contributed by atoms with Crippen molar-refractivity contribution in [2.75, 3.05) is 24.5 Å². The number of anilines is 1. The number of nitrogens with one attached hydrogen (secondary N) is 1. The van der Waals surface area contributed by atoms with Gasteiger partial charge in [0, 0.05) is 31.4 Å². The highest BCUT2D eigenvalue weighted by atomic mass is 35.5. The lowest BCUT2D eigenvalue weighted by atomic mass is 10.2. The highest BCUT2D eigenvalue weighted by Crippen LogP contribution is 2.34. The Kier molecular flexibility index (Phi) is 4.26. The van der Waals surface area contributed by atoms with Crippen LogP contribution < -0.4 is 10.2 Å². The first-order chi connectivity index (χ1) is 10.1. The number of nitrogens with zero attached hydrogens (tertiary/aromatic N) is 3. The van der Waals surface area contributed by atoms with Gasteiger partial charge in [0.1, 0.15) is 0 Å². The minimum Gasteiger partial charge on any atom is -0.349 e. The molecule has 1 unspecified atom stereocenters. The van der Waals surface area contributed by atoms with Crippen molar-refractivity contribution in [3.8, 4) is 0 Å². The molecule has 2 heterocycles. The van der Waals surface area contributed by atoms with Gasteiger partial charge in [0.25, 0.3) is 0 Å². The Hall–Kier alpha value is -1.40. The lowest BCUT2D eigenvalue weighted by Crippen LogP contribution is -2.39. The van der Waals surface area contributed by atoms with Crippen molar-refractivity contribution in [1.82, 2.24) is 10.3 Å². The highest BCUT2D eigenvalue weighted by Gasteiger charge is 2.30. The van der Waals surface area contributed by atoms with Crippen LogP contribution in [0.5, 0.6) is 0 Å². The van der Waals surface area contributed by atoms with Crippen molar-refractivity contribution in [1.29, 1.82) is 0 Å². The molecule has 0 spiro atoms. The molecule has 1 aliphatic carbocycles. The third-order valence-corrected chi connectivity index (χ3v) is 4.30. The van der Waals surface area contributed by atoms with Crippen molar-refractivity contribution in [3.05, 3.63) is 27.4 Å². The summed E-state index contributed by atoms with van der Waals surface area (Å²) in [5.41, 5.74) is 0.00106. The molecule has 21 heavy (non-hydrogen) atoms. The van der Waals surface area contributed by atoms with E-state index in [1.807, 2.05) is 0 Å². The first kappa shape index (κ1) is 14.5. The monoisotopic (exact) mass is 310 g/mol. The Balaban J connectivity index is 1.85. The van der Waals surface area contributed by atoms with E-state index >= 15 is 0 Å². The molecule has 1 aromatic heterocycles. The van der Waals surface area contributed by atoms with Gasteiger partial charge in [-0.25, -0.2) is 4.98 Å². The maximum absolute atomic E-state index is 11.3. The zero-order chi connectivity index (χ0) is 14.8. The second-order valence-corrected chi connectivity index (χ2v) is 6.33. The third kappa shape index (κ3) is 3.63. The second kappa shape index (κ2) is 6.15. The van der Waals surface area contributed by atoms with Crippen molar-refractivity contribution >= 4 is 23.1 Å². The van der Waals surface area contributed by atoms with Crippen molar-refractivity contribution < 1.29 is 4.92 Å². The van der Waals surface area contributed by atoms with Crippen molar-refractivity contribution in [2.24, 2.45) is 5.92 Å². The van der Waals surface area contributed by atoms with E-state index in [9.17, 15) is 10.1 Å². The van der Waals surface area contributed by atoms with Gasteiger partial charge in [-0.2, -0.15) is 0 Å². The average Bonchev–Trinajstić information content (AvgIpc) is 3.11. The van der Waals surface area contributed by atoms with Crippen LogP contribution in [0.4, 0.5) is 11.5 Å². The Labute approximate surface area is 128 Å². The van der Waals surface area contributed by atoms with Crippen molar-refractivity contribution in [3.63, 3.8) is 0 Å². The molecule has 0 bridgehead atoms. The second-order valence-electron chi connectivity index (χ2n) is 5.90. The lowest BCUT2D eigenvalue weighted by molar-refractivity contribution is -0.384. The van der Waals surface area contributed by atoms with Gasteiger partial charge < -0.3 is 10.2 Å². The van der Waals surface area contributed by atoms with Gasteiger partial charge in [0.05, 0.1) is 9.95 Å². The number of halogens is 1. The van der Waals surface area contributed by atoms with E-state index in [1.165, 1.54) is 25.1 Å². The summed E-state index contributed by atoms with van der Waals surface area (Å²) in [5.74, 6) is 1.09. The minimum absolute atomic E-state index is 0.00106. The molecule has 6 nitrogen and oxygen atoms in total. The molecular formula is C14H19ClN4O2. The van der Waals surface area contributed by atoms with E-state index in [0.717, 1.165) is 32.5 Å². The Morgan fingerprint density at radius 3 is 2.86 bits per heavy atom. The summed E-state index contributed by atoms with van der Waals surface area (Å²) in [6.07, 6.45) is 6.18. The standard InChI is InChI=1S/C14H19ClN4O2/c15-11-6-13(19(20)21)14(17-7-11)18(8-10-3-4-10)9-12-2-1-5-16-12/h6-7,10,12,16H,1-5,8-9H2. The van der Waals surface area contributed by atoms with Gasteiger partial charge >= 0.3 is 5.69 Å². The summed E-state index contributed by atoms with van der Waals surface area (Å²) in [5, 5.41) is 15.0. The summed E-state index contributed by atoms with van der Waals surface area (Å²) >= 11 is 5.86. The molecule has 0 amide bonds. The molecule has 0 radical (unpaired) electrons. The van der Waals surface area contributed by atoms with Gasteiger partial charge in [-0.05, 0) is 38.1 Å². The molecule has 1 atom stereocenters. The average molecular weight is 311 g/mol. The molecule has 7 heteroatoms. The molecule has 1 saturated carbocycles. The molecule has 3 rings (SSSR count). The fraction of sp³-hybridized carbons (Fsp3) is 0.643. The molecular weight excluding hydrogens is 292 g/mol. The Morgan fingerprint density at radius 2 is 2.24 bits per heavy atom. The Bertz CT molecular complexity index is 530. The summed E-state index contributed by atoms with van der Waals surface area (Å²) < 4.78 is 0. The van der Waals surface area contributed by atoms with Crippen LogP contribution in [0.25, 0.3) is 0 Å². The fourth-order valence-electron chi connectivity index (χ4n) is 2.84. The van der Waals surface area contributed by atoms with Crippen molar-refractivity contribution in [2.45, 2.75) is 31.7 Å². The minimum atomic E-state index is -0.393. The quantitative estimate of drug-likeness (QED) is 0.646. The van der Waals surface area contributed by atoms with Gasteiger partial charge in [0.15, 0.2) is 0 Å². The molecule has 2 fully saturated rings. The molecule has 2 aliphatic rings. The zero-order valence-corrected chi connectivity index (χ0v) is 12.6. The summed E-state index contributed by atoms with van der Waals surface area (Å²) in [6, 6.07) is 1.78. The third-order valence-electron chi connectivity index (χ3n) is 4.09. The molecule has 1 aromatic rings. The van der Waals surface area contributed by atoms with E-state index in [1.54, 1.807) is 0 Å². The van der Waals surface area contributed by atoms with Crippen LogP contribution in [-0.2, 0) is 0 Å². The first-order valence-electron chi connectivity index (χ1n) is 7.42. The topological polar surface area (TPSA) is 71.3 Å². The number of hydrogen-bond acceptors (Lipinski definition) is 5. The largest absolute Gasteiger partial charge is 0.349 e. The first-order valence-corrected chi connectivity index (χ1v) is 7.79. The predicted molar refractivity (Wildman–Crippen MR) is 81.9 cm³/mol. The van der Waals surface area contributed by atoms with Crippen LogP contribution in [0.3, 0.4) is 0 Å². The normalized spacial score (nSPS) is 21.5. The van der Waals surface area contributed by atoms with Crippen LogP contribution >= 0.6 is 11.6 Å². The van der Waals surface area contributed by atoms with E-state index in [0.29, 0.717) is 22.8 Å². The zero-order valence-electron chi connectivity index (χ0n) is 11.8. The molecule has 1 saturated heterocycles.